The van der Waals surface area contributed by atoms with Gasteiger partial charge in [0.05, 0.1) is 29.5 Å². The molecule has 1 N–H and O–H groups in total. The predicted octanol–water partition coefficient (Wildman–Crippen LogP) is 5.12. The Bertz CT molecular complexity index is 1440. The van der Waals surface area contributed by atoms with E-state index in [9.17, 15) is 9.59 Å². The number of ether oxygens (including phenoxy) is 1. The van der Waals surface area contributed by atoms with Crippen molar-refractivity contribution in [2.45, 2.75) is 38.0 Å². The highest BCUT2D eigenvalue weighted by molar-refractivity contribution is 8.00. The molecule has 1 aromatic carbocycles. The van der Waals surface area contributed by atoms with Crippen molar-refractivity contribution in [1.29, 1.82) is 0 Å². The number of nitrogens with one attached hydrogen (secondary N) is 1. The van der Waals surface area contributed by atoms with E-state index in [0.717, 1.165) is 33.1 Å². The third-order valence-electron chi connectivity index (χ3n) is 6.43. The summed E-state index contributed by atoms with van der Waals surface area (Å²) in [5, 5.41) is 10.0. The van der Waals surface area contributed by atoms with Gasteiger partial charge in [0.15, 0.2) is 0 Å². The Morgan fingerprint density at radius 2 is 1.95 bits per heavy atom. The summed E-state index contributed by atoms with van der Waals surface area (Å²) < 4.78 is 7.18. The average molecular weight is 562 g/mol. The van der Waals surface area contributed by atoms with Gasteiger partial charge in [0.2, 0.25) is 11.8 Å². The fourth-order valence-electron chi connectivity index (χ4n) is 4.54. The van der Waals surface area contributed by atoms with Crippen molar-refractivity contribution in [3.05, 3.63) is 88.0 Å². The summed E-state index contributed by atoms with van der Waals surface area (Å²) in [6.07, 6.45) is 3.41. The van der Waals surface area contributed by atoms with E-state index in [4.69, 9.17) is 9.84 Å². The van der Waals surface area contributed by atoms with Crippen LogP contribution in [0.15, 0.2) is 66.3 Å². The Morgan fingerprint density at radius 3 is 2.59 bits per heavy atom. The van der Waals surface area contributed by atoms with Crippen molar-refractivity contribution >= 4 is 40.7 Å². The van der Waals surface area contributed by atoms with E-state index in [-0.39, 0.29) is 34.8 Å². The molecule has 4 aromatic rings. The number of aromatic nitrogens is 3. The number of hydrogen-bond donors (Lipinski definition) is 1. The van der Waals surface area contributed by atoms with E-state index in [1.807, 2.05) is 47.1 Å². The Kier molecular flexibility index (Phi) is 7.76. The van der Waals surface area contributed by atoms with Crippen LogP contribution in [0.3, 0.4) is 0 Å². The fraction of sp³-hybridized carbons (Fsp3) is 0.310. The van der Waals surface area contributed by atoms with Gasteiger partial charge in [-0.2, -0.15) is 5.10 Å². The first-order valence-electron chi connectivity index (χ1n) is 12.6. The van der Waals surface area contributed by atoms with Crippen LogP contribution in [0, 0.1) is 0 Å². The summed E-state index contributed by atoms with van der Waals surface area (Å²) in [4.78, 5) is 33.8. The maximum Gasteiger partial charge on any atom is 0.240 e. The quantitative estimate of drug-likeness (QED) is 0.337. The highest BCUT2D eigenvalue weighted by atomic mass is 32.2. The van der Waals surface area contributed by atoms with E-state index in [0.29, 0.717) is 12.4 Å². The molecule has 39 heavy (non-hydrogen) atoms. The van der Waals surface area contributed by atoms with Gasteiger partial charge in [-0.05, 0) is 47.3 Å². The molecule has 2 amide bonds. The van der Waals surface area contributed by atoms with Crippen molar-refractivity contribution in [2.24, 2.45) is 0 Å². The predicted molar refractivity (Wildman–Crippen MR) is 156 cm³/mol. The first-order valence-corrected chi connectivity index (χ1v) is 14.6. The number of nitrogens with zero attached hydrogens (tertiary/aromatic N) is 4. The van der Waals surface area contributed by atoms with Crippen LogP contribution in [0.1, 0.15) is 47.7 Å². The second-order valence-corrected chi connectivity index (χ2v) is 12.3. The van der Waals surface area contributed by atoms with Crippen molar-refractivity contribution < 1.29 is 14.3 Å². The minimum atomic E-state index is -0.306. The maximum absolute atomic E-state index is 13.7. The third-order valence-corrected chi connectivity index (χ3v) is 8.76. The lowest BCUT2D eigenvalue weighted by Gasteiger charge is -2.24. The monoisotopic (exact) mass is 561 g/mol. The van der Waals surface area contributed by atoms with E-state index >= 15 is 0 Å². The largest absolute Gasteiger partial charge is 0.497 e. The molecule has 1 atom stereocenters. The molecule has 3 aromatic heterocycles. The summed E-state index contributed by atoms with van der Waals surface area (Å²) >= 11 is 3.25. The van der Waals surface area contributed by atoms with Gasteiger partial charge in [-0.1, -0.05) is 32.9 Å². The normalized spacial score (nSPS) is 15.5. The van der Waals surface area contributed by atoms with Gasteiger partial charge in [0.25, 0.3) is 0 Å². The first kappa shape index (κ1) is 27.0. The molecule has 202 valence electrons. The third kappa shape index (κ3) is 5.72. The molecule has 0 saturated heterocycles. The molecule has 0 saturated carbocycles. The number of amides is 2. The molecular weight excluding hydrogens is 530 g/mol. The Balaban J connectivity index is 1.62. The van der Waals surface area contributed by atoms with Crippen molar-refractivity contribution in [2.75, 3.05) is 24.3 Å². The zero-order valence-corrected chi connectivity index (χ0v) is 24.0. The second kappa shape index (κ2) is 11.2. The summed E-state index contributed by atoms with van der Waals surface area (Å²) in [6.45, 7) is 6.60. The van der Waals surface area contributed by atoms with Crippen molar-refractivity contribution in [3.63, 3.8) is 0 Å². The van der Waals surface area contributed by atoms with Crippen LogP contribution in [0.25, 0.3) is 5.69 Å². The van der Waals surface area contributed by atoms with Gasteiger partial charge in [-0.3, -0.25) is 19.5 Å². The molecule has 8 nitrogen and oxygen atoms in total. The number of rotatable bonds is 7. The number of carbonyl (C=O) groups is 2. The van der Waals surface area contributed by atoms with Gasteiger partial charge in [-0.25, -0.2) is 4.68 Å². The van der Waals surface area contributed by atoms with Gasteiger partial charge < -0.3 is 10.1 Å². The van der Waals surface area contributed by atoms with Crippen LogP contribution in [0.2, 0.25) is 0 Å². The number of methoxy groups -OCH3 is 1. The first-order chi connectivity index (χ1) is 18.8. The summed E-state index contributed by atoms with van der Waals surface area (Å²) in [7, 11) is 1.63. The van der Waals surface area contributed by atoms with Crippen LogP contribution < -0.4 is 15.0 Å². The highest BCUT2D eigenvalue weighted by Crippen LogP contribution is 2.49. The van der Waals surface area contributed by atoms with E-state index in [1.165, 1.54) is 0 Å². The van der Waals surface area contributed by atoms with E-state index in [1.54, 1.807) is 47.5 Å². The number of pyridine rings is 1. The van der Waals surface area contributed by atoms with Crippen LogP contribution >= 0.6 is 23.1 Å². The molecule has 5 rings (SSSR count). The standard InChI is InChI=1S/C29H31N5O3S2/c1-29(2,3)27-25-26(22-8-6-14-38-22)39-18-24(36)33(17-23(35)31-16-19-7-5-13-30-15-19)28(25)34(32-27)20-9-11-21(37-4)12-10-20/h5-15,26H,16-18H2,1-4H3,(H,31,35)/t26-/m0/s1. The number of thioether (sulfide) groups is 1. The minimum Gasteiger partial charge on any atom is -0.497 e. The minimum absolute atomic E-state index is 0.0892. The Labute approximate surface area is 236 Å². The zero-order valence-electron chi connectivity index (χ0n) is 22.4. The van der Waals surface area contributed by atoms with Gasteiger partial charge in [-0.15, -0.1) is 23.1 Å². The topological polar surface area (TPSA) is 89.3 Å². The van der Waals surface area contributed by atoms with Crippen LogP contribution in [-0.4, -0.2) is 46.0 Å². The molecule has 0 radical (unpaired) electrons. The lowest BCUT2D eigenvalue weighted by atomic mass is 9.88. The van der Waals surface area contributed by atoms with Crippen molar-refractivity contribution in [3.8, 4) is 11.4 Å². The SMILES string of the molecule is COc1ccc(-n2nc(C(C)(C)C)c3c2N(CC(=O)NCc2cccnc2)C(=O)CS[C@H]3c2cccs2)cc1. The summed E-state index contributed by atoms with van der Waals surface area (Å²) in [5.41, 5.74) is 3.24. The number of carbonyl (C=O) groups excluding carboxylic acids is 2. The molecule has 1 aliphatic heterocycles. The Morgan fingerprint density at radius 1 is 1.15 bits per heavy atom. The number of thiophene rings is 1. The maximum atomic E-state index is 13.7. The van der Waals surface area contributed by atoms with E-state index in [2.05, 4.69) is 42.5 Å². The van der Waals surface area contributed by atoms with Crippen molar-refractivity contribution in [1.82, 2.24) is 20.1 Å². The molecule has 0 fully saturated rings. The van der Waals surface area contributed by atoms with Crippen LogP contribution in [-0.2, 0) is 21.5 Å². The molecule has 0 bridgehead atoms. The number of hydrogen-bond acceptors (Lipinski definition) is 7. The average Bonchev–Trinajstić information content (AvgIpc) is 3.58. The van der Waals surface area contributed by atoms with Gasteiger partial charge >= 0.3 is 0 Å². The molecule has 0 spiro atoms. The van der Waals surface area contributed by atoms with Crippen LogP contribution in [0.4, 0.5) is 5.82 Å². The number of anilines is 1. The Hall–Kier alpha value is -3.63. The second-order valence-electron chi connectivity index (χ2n) is 10.3. The van der Waals surface area contributed by atoms with Crippen LogP contribution in [0.5, 0.6) is 5.75 Å². The molecule has 1 aliphatic rings. The van der Waals surface area contributed by atoms with Gasteiger partial charge in [0.1, 0.15) is 18.1 Å². The lowest BCUT2D eigenvalue weighted by molar-refractivity contribution is -0.123. The van der Waals surface area contributed by atoms with E-state index < -0.39 is 0 Å². The fourth-order valence-corrected chi connectivity index (χ4v) is 6.72. The zero-order chi connectivity index (χ0) is 27.6. The summed E-state index contributed by atoms with van der Waals surface area (Å²) in [5.74, 6) is 1.22. The molecule has 0 aliphatic carbocycles. The number of fused-ring (bicyclic) bond motifs is 1. The molecule has 4 heterocycles. The smallest absolute Gasteiger partial charge is 0.240 e. The van der Waals surface area contributed by atoms with Gasteiger partial charge in [0, 0.05) is 34.8 Å². The molecule has 0 unspecified atom stereocenters. The lowest BCUT2D eigenvalue weighted by Crippen LogP contribution is -2.42. The summed E-state index contributed by atoms with van der Waals surface area (Å²) in [6, 6.07) is 15.4. The molecule has 10 heteroatoms. The number of benzene rings is 1. The molecular formula is C29H31N5O3S2. The highest BCUT2D eigenvalue weighted by Gasteiger charge is 2.40.